The van der Waals surface area contributed by atoms with Crippen molar-refractivity contribution in [1.82, 2.24) is 0 Å². The maximum atomic E-state index is 8.88. The van der Waals surface area contributed by atoms with Gasteiger partial charge in [0.1, 0.15) is 0 Å². The van der Waals surface area contributed by atoms with Gasteiger partial charge in [-0.3, -0.25) is 0 Å². The van der Waals surface area contributed by atoms with Crippen molar-refractivity contribution in [3.8, 4) is 0 Å². The minimum absolute atomic E-state index is 0. The molecule has 0 aliphatic carbocycles. The van der Waals surface area contributed by atoms with Gasteiger partial charge in [0, 0.05) is 0 Å². The van der Waals surface area contributed by atoms with Crippen LogP contribution in [0.4, 0.5) is 0 Å². The molecule has 0 aromatic rings. The molecule has 6 nitrogen and oxygen atoms in total. The molecule has 0 amide bonds. The van der Waals surface area contributed by atoms with E-state index in [4.69, 9.17) is 19.2 Å². The van der Waals surface area contributed by atoms with Gasteiger partial charge in [-0.15, -0.1) is 0 Å². The molecule has 0 saturated carbocycles. The zero-order valence-corrected chi connectivity index (χ0v) is 4.09. The van der Waals surface area contributed by atoms with Crippen molar-refractivity contribution in [3.05, 3.63) is 0 Å². The Morgan fingerprint density at radius 2 is 1.00 bits per heavy atom. The molecule has 0 spiro atoms. The Morgan fingerprint density at radius 3 is 1.00 bits per heavy atom. The minimum atomic E-state index is -4.64. The Morgan fingerprint density at radius 1 is 1.00 bits per heavy atom. The summed E-state index contributed by atoms with van der Waals surface area (Å²) in [5, 5.41) is 0. The van der Waals surface area contributed by atoms with Crippen LogP contribution in [0.3, 0.4) is 0 Å². The second-order valence-electron chi connectivity index (χ2n) is 0.513. The molecule has 0 saturated heterocycles. The molecule has 0 unspecified atom stereocenters. The van der Waals surface area contributed by atoms with E-state index in [-0.39, 0.29) is 117 Å². The number of rotatable bonds is 0. The first-order valence-corrected chi connectivity index (χ1v) is 2.35. The van der Waals surface area contributed by atoms with Gasteiger partial charge in [0.05, 0.1) is 0 Å². The molecule has 0 atom stereocenters. The van der Waals surface area contributed by atoms with Crippen molar-refractivity contribution >= 4 is 114 Å². The average molecular weight is 246 g/mol. The van der Waals surface area contributed by atoms with Gasteiger partial charge in [0.15, 0.2) is 17.4 Å². The van der Waals surface area contributed by atoms with Gasteiger partial charge in [0.25, 0.3) is 0 Å². The average Bonchev–Trinajstić information content (AvgIpc) is 0.722. The fraction of sp³-hybridized carbons (Fsp3) is 0. The van der Waals surface area contributed by atoms with E-state index in [2.05, 4.69) is 0 Å². The molecule has 0 aliphatic rings. The van der Waals surface area contributed by atoms with E-state index in [0.29, 0.717) is 0 Å². The molecule has 0 aromatic carbocycles. The van der Waals surface area contributed by atoms with E-state index in [1.165, 1.54) is 0 Å². The molecule has 0 bridgehead atoms. The molecule has 10 heavy (non-hydrogen) atoms. The summed E-state index contributed by atoms with van der Waals surface area (Å²) in [6.07, 6.45) is 0. The predicted octanol–water partition coefficient (Wildman–Crippen LogP) is -5.33. The Kier molecular flexibility index (Phi) is 68.7. The Bertz CT molecular complexity index is 63.9. The molecule has 60 valence electrons. The van der Waals surface area contributed by atoms with Crippen molar-refractivity contribution < 1.29 is 30.2 Å². The monoisotopic (exact) mass is 246 g/mol. The first kappa shape index (κ1) is 37.6. The summed E-state index contributed by atoms with van der Waals surface area (Å²) in [6, 6.07) is 0. The zero-order valence-electron chi connectivity index (χ0n) is 3.20. The van der Waals surface area contributed by atoms with Crippen LogP contribution in [0.15, 0.2) is 0 Å². The van der Waals surface area contributed by atoms with E-state index < -0.39 is 7.82 Å². The summed E-state index contributed by atoms with van der Waals surface area (Å²) in [6.45, 7) is 0. The fourth-order valence-electron chi connectivity index (χ4n) is 0. The molecule has 0 fully saturated rings. The molecule has 7 N–H and O–H groups in total. The van der Waals surface area contributed by atoms with Crippen molar-refractivity contribution in [2.24, 2.45) is 0 Å². The quantitative estimate of drug-likeness (QED) is 0.290. The van der Waals surface area contributed by atoms with Gasteiger partial charge in [-0.2, -0.15) is 0 Å². The molecule has 0 radical (unpaired) electrons. The Balaban J connectivity index is -0.00000000800. The van der Waals surface area contributed by atoms with Crippen LogP contribution in [0.25, 0.3) is 0 Å². The van der Waals surface area contributed by atoms with Crippen molar-refractivity contribution in [2.45, 2.75) is 0 Å². The zero-order chi connectivity index (χ0) is 4.50. The van der Waals surface area contributed by atoms with Crippen LogP contribution >= 0.6 is 7.82 Å². The topological polar surface area (TPSA) is 141 Å². The van der Waals surface area contributed by atoms with E-state index >= 15 is 0 Å². The first-order valence-electron chi connectivity index (χ1n) is 0.783. The van der Waals surface area contributed by atoms with Crippen LogP contribution in [-0.4, -0.2) is 132 Å². The van der Waals surface area contributed by atoms with Crippen molar-refractivity contribution in [3.63, 3.8) is 0 Å². The molecular formula is H13AlCaKO6P. The fourth-order valence-corrected chi connectivity index (χ4v) is 0. The van der Waals surface area contributed by atoms with Gasteiger partial charge in [-0.05, 0) is 0 Å². The molecule has 0 aliphatic heterocycles. The van der Waals surface area contributed by atoms with Crippen LogP contribution in [0.5, 0.6) is 0 Å². The van der Waals surface area contributed by atoms with Crippen molar-refractivity contribution in [2.75, 3.05) is 0 Å². The SMILES string of the molecule is O.O.O=P(O)(O)O.[AlH3].[CaH2].[KH]. The van der Waals surface area contributed by atoms with Crippen LogP contribution in [0.1, 0.15) is 0 Å². The van der Waals surface area contributed by atoms with Crippen LogP contribution in [0, 0.1) is 0 Å². The summed E-state index contributed by atoms with van der Waals surface area (Å²) in [5.74, 6) is 0. The van der Waals surface area contributed by atoms with Crippen LogP contribution in [-0.2, 0) is 4.57 Å². The van der Waals surface area contributed by atoms with Crippen molar-refractivity contribution in [1.29, 1.82) is 0 Å². The third-order valence-corrected chi connectivity index (χ3v) is 0. The van der Waals surface area contributed by atoms with Gasteiger partial charge in [-0.1, -0.05) is 0 Å². The molecule has 0 aromatic heterocycles. The predicted molar refractivity (Wildman–Crippen MR) is 47.1 cm³/mol. The summed E-state index contributed by atoms with van der Waals surface area (Å²) in [7, 11) is -4.64. The maximum absolute atomic E-state index is 8.88. The standard InChI is InChI=1S/Al.Ca.K.H3O4P.2H2O.6H/c;;;1-5(2,3)4;;;;;;;;/h;;;(H3,1,2,3,4);2*1H2;;;;;;. The molecule has 0 heterocycles. The summed E-state index contributed by atoms with van der Waals surface area (Å²) in [5.41, 5.74) is 0. The van der Waals surface area contributed by atoms with Crippen LogP contribution in [0.2, 0.25) is 0 Å². The number of phosphoric acid groups is 1. The van der Waals surface area contributed by atoms with E-state index in [1.54, 1.807) is 0 Å². The summed E-state index contributed by atoms with van der Waals surface area (Å²) < 4.78 is 8.88. The summed E-state index contributed by atoms with van der Waals surface area (Å²) in [4.78, 5) is 21.6. The van der Waals surface area contributed by atoms with Gasteiger partial charge in [0.2, 0.25) is 0 Å². The molecule has 0 rings (SSSR count). The first-order chi connectivity index (χ1) is 2.00. The third kappa shape index (κ3) is 105. The third-order valence-electron chi connectivity index (χ3n) is 0. The number of hydrogen-bond donors (Lipinski definition) is 3. The van der Waals surface area contributed by atoms with E-state index in [9.17, 15) is 0 Å². The second-order valence-corrected chi connectivity index (χ2v) is 1.54. The van der Waals surface area contributed by atoms with Gasteiger partial charge < -0.3 is 25.6 Å². The second kappa shape index (κ2) is 18.3. The molecule has 10 heteroatoms. The van der Waals surface area contributed by atoms with Gasteiger partial charge >= 0.3 is 96.9 Å². The number of hydrogen-bond acceptors (Lipinski definition) is 1. The van der Waals surface area contributed by atoms with E-state index in [0.717, 1.165) is 0 Å². The molecular weight excluding hydrogens is 233 g/mol. The Hall–Kier alpha value is 3.46. The van der Waals surface area contributed by atoms with E-state index in [1.807, 2.05) is 0 Å². The normalized spacial score (nSPS) is 5.90. The van der Waals surface area contributed by atoms with Crippen LogP contribution < -0.4 is 0 Å². The Labute approximate surface area is 141 Å². The summed E-state index contributed by atoms with van der Waals surface area (Å²) >= 11 is 0. The van der Waals surface area contributed by atoms with Gasteiger partial charge in [-0.25, -0.2) is 4.57 Å².